The van der Waals surface area contributed by atoms with Crippen LogP contribution in [0.3, 0.4) is 0 Å². The van der Waals surface area contributed by atoms with E-state index in [4.69, 9.17) is 18.9 Å². The Labute approximate surface area is 238 Å². The molecule has 40 heavy (non-hydrogen) atoms. The van der Waals surface area contributed by atoms with E-state index in [-0.39, 0.29) is 30.8 Å². The molecule has 6 atom stereocenters. The van der Waals surface area contributed by atoms with E-state index >= 15 is 0 Å². The molecule has 3 aliphatic rings. The summed E-state index contributed by atoms with van der Waals surface area (Å²) in [5.74, 6) is 0.305. The van der Waals surface area contributed by atoms with Crippen molar-refractivity contribution in [1.82, 2.24) is 10.2 Å². The largest absolute Gasteiger partial charge is 0.449 e. The molecule has 224 valence electrons. The van der Waals surface area contributed by atoms with E-state index in [1.54, 1.807) is 4.90 Å². The van der Waals surface area contributed by atoms with Gasteiger partial charge in [0.25, 0.3) is 0 Å². The highest BCUT2D eigenvalue weighted by Crippen LogP contribution is 2.33. The van der Waals surface area contributed by atoms with Crippen LogP contribution in [0, 0.1) is 11.8 Å². The van der Waals surface area contributed by atoms with Gasteiger partial charge in [0.2, 0.25) is 0 Å². The number of aliphatic hydroxyl groups is 1. The summed E-state index contributed by atoms with van der Waals surface area (Å²) in [5.41, 5.74) is 0.966. The van der Waals surface area contributed by atoms with Crippen molar-refractivity contribution in [3.8, 4) is 0 Å². The normalized spacial score (nSPS) is 28.4. The Kier molecular flexibility index (Phi) is 12.4. The number of carbonyl (C=O) groups is 2. The Morgan fingerprint density at radius 2 is 1.75 bits per heavy atom. The fraction of sp³-hybridized carbons (Fsp3) is 0.742. The molecule has 0 radical (unpaired) electrons. The van der Waals surface area contributed by atoms with Crippen LogP contribution in [0.15, 0.2) is 30.3 Å². The third kappa shape index (κ3) is 9.63. The summed E-state index contributed by atoms with van der Waals surface area (Å²) in [6, 6.07) is 9.03. The highest BCUT2D eigenvalue weighted by Gasteiger charge is 2.44. The molecule has 9 heteroatoms. The first-order chi connectivity index (χ1) is 19.5. The molecule has 0 saturated carbocycles. The average Bonchev–Trinajstić information content (AvgIpc) is 3.56. The monoisotopic (exact) mass is 560 g/mol. The van der Waals surface area contributed by atoms with Crippen LogP contribution >= 0.6 is 0 Å². The van der Waals surface area contributed by atoms with Crippen molar-refractivity contribution in [2.24, 2.45) is 11.8 Å². The predicted molar refractivity (Wildman–Crippen MR) is 151 cm³/mol. The van der Waals surface area contributed by atoms with Crippen LogP contribution in [0.25, 0.3) is 0 Å². The maximum Gasteiger partial charge on any atom is 0.409 e. The van der Waals surface area contributed by atoms with Crippen LogP contribution in [-0.4, -0.2) is 79.6 Å². The molecule has 4 rings (SSSR count). The third-order valence-electron chi connectivity index (χ3n) is 8.32. The molecule has 1 aromatic rings. The second-order valence-corrected chi connectivity index (χ2v) is 11.7. The van der Waals surface area contributed by atoms with E-state index in [0.717, 1.165) is 37.7 Å². The molecule has 3 heterocycles. The average molecular weight is 561 g/mol. The van der Waals surface area contributed by atoms with Gasteiger partial charge in [0.1, 0.15) is 6.10 Å². The fourth-order valence-electron chi connectivity index (χ4n) is 5.97. The molecule has 0 aromatic heterocycles. The van der Waals surface area contributed by atoms with Gasteiger partial charge in [-0.2, -0.15) is 0 Å². The standard InChI is InChI=1S/C31H48N2O7/c1-23-13-9-6-4-2-3-5-7-12-17-38-31(36)33(20-23)21-27(34)26(19-24-14-10-8-11-15-24)32-30(35)40-28-22-39-29-25(28)16-18-37-29/h8,10-11,14-15,23,25-29,34H,2-7,9,12-13,16-22H2,1H3,(H,32,35)/t23-,25+,26+,27-,28+,29-/m1/s1. The number of rotatable bonds is 7. The molecule has 0 bridgehead atoms. The molecule has 3 aliphatic heterocycles. The first-order valence-corrected chi connectivity index (χ1v) is 15.3. The van der Waals surface area contributed by atoms with Gasteiger partial charge in [-0.3, -0.25) is 0 Å². The topological polar surface area (TPSA) is 107 Å². The summed E-state index contributed by atoms with van der Waals surface area (Å²) >= 11 is 0. The van der Waals surface area contributed by atoms with E-state index < -0.39 is 24.3 Å². The maximum absolute atomic E-state index is 13.1. The van der Waals surface area contributed by atoms with Gasteiger partial charge >= 0.3 is 12.2 Å². The van der Waals surface area contributed by atoms with Crippen LogP contribution in [0.4, 0.5) is 9.59 Å². The van der Waals surface area contributed by atoms with Crippen LogP contribution in [-0.2, 0) is 25.4 Å². The van der Waals surface area contributed by atoms with E-state index in [1.807, 2.05) is 30.3 Å². The first-order valence-electron chi connectivity index (χ1n) is 15.3. The quantitative estimate of drug-likeness (QED) is 0.481. The molecule has 3 saturated heterocycles. The van der Waals surface area contributed by atoms with Gasteiger partial charge in [0.05, 0.1) is 44.4 Å². The van der Waals surface area contributed by atoms with E-state index in [9.17, 15) is 14.7 Å². The smallest absolute Gasteiger partial charge is 0.409 e. The first kappa shape index (κ1) is 30.6. The van der Waals surface area contributed by atoms with Crippen molar-refractivity contribution in [3.63, 3.8) is 0 Å². The molecule has 0 spiro atoms. The van der Waals surface area contributed by atoms with Crippen molar-refractivity contribution < 1.29 is 33.6 Å². The zero-order valence-electron chi connectivity index (χ0n) is 24.0. The predicted octanol–water partition coefficient (Wildman–Crippen LogP) is 5.05. The number of carbonyl (C=O) groups excluding carboxylic acids is 2. The lowest BCUT2D eigenvalue weighted by Gasteiger charge is -2.31. The molecule has 3 fully saturated rings. The van der Waals surface area contributed by atoms with Gasteiger partial charge < -0.3 is 34.3 Å². The summed E-state index contributed by atoms with van der Waals surface area (Å²) in [6.07, 6.45) is 8.66. The van der Waals surface area contributed by atoms with E-state index in [2.05, 4.69) is 12.2 Å². The second-order valence-electron chi connectivity index (χ2n) is 11.7. The van der Waals surface area contributed by atoms with Crippen LogP contribution in [0.5, 0.6) is 0 Å². The molecule has 2 N–H and O–H groups in total. The van der Waals surface area contributed by atoms with Gasteiger partial charge in [-0.25, -0.2) is 9.59 Å². The van der Waals surface area contributed by atoms with Crippen molar-refractivity contribution in [3.05, 3.63) is 35.9 Å². The highest BCUT2D eigenvalue weighted by atomic mass is 16.7. The van der Waals surface area contributed by atoms with E-state index in [0.29, 0.717) is 32.8 Å². The number of fused-ring (bicyclic) bond motifs is 1. The Morgan fingerprint density at radius 3 is 2.52 bits per heavy atom. The van der Waals surface area contributed by atoms with Gasteiger partial charge in [-0.05, 0) is 37.2 Å². The Morgan fingerprint density at radius 1 is 1.02 bits per heavy atom. The van der Waals surface area contributed by atoms with Crippen LogP contribution < -0.4 is 5.32 Å². The summed E-state index contributed by atoms with van der Waals surface area (Å²) in [6.45, 7) is 3.98. The highest BCUT2D eigenvalue weighted by molar-refractivity contribution is 5.69. The van der Waals surface area contributed by atoms with Crippen molar-refractivity contribution in [2.45, 2.75) is 102 Å². The molecular weight excluding hydrogens is 512 g/mol. The molecule has 0 unspecified atom stereocenters. The number of hydrogen-bond donors (Lipinski definition) is 2. The van der Waals surface area contributed by atoms with Crippen molar-refractivity contribution in [2.75, 3.05) is 32.9 Å². The molecule has 0 aliphatic carbocycles. The zero-order chi connectivity index (χ0) is 28.2. The molecular formula is C31H48N2O7. The Hall–Kier alpha value is -2.36. The lowest BCUT2D eigenvalue weighted by molar-refractivity contribution is -0.0907. The zero-order valence-corrected chi connectivity index (χ0v) is 24.0. The van der Waals surface area contributed by atoms with Crippen molar-refractivity contribution in [1.29, 1.82) is 0 Å². The number of nitrogens with zero attached hydrogens (tertiary/aromatic N) is 1. The summed E-state index contributed by atoms with van der Waals surface area (Å²) in [4.78, 5) is 27.7. The summed E-state index contributed by atoms with van der Waals surface area (Å²) < 4.78 is 22.5. The second kappa shape index (κ2) is 16.2. The number of aliphatic hydroxyl groups excluding tert-OH is 1. The summed E-state index contributed by atoms with van der Waals surface area (Å²) in [5, 5.41) is 14.3. The Balaban J connectivity index is 1.40. The fourth-order valence-corrected chi connectivity index (χ4v) is 5.97. The maximum atomic E-state index is 13.1. The number of alkyl carbamates (subject to hydrolysis) is 1. The Bertz CT molecular complexity index is 901. The number of cyclic esters (lactones) is 1. The minimum absolute atomic E-state index is 0.0274. The minimum Gasteiger partial charge on any atom is -0.449 e. The van der Waals surface area contributed by atoms with E-state index in [1.165, 1.54) is 32.1 Å². The molecule has 2 amide bonds. The number of amides is 2. The third-order valence-corrected chi connectivity index (χ3v) is 8.32. The number of benzene rings is 1. The molecule has 9 nitrogen and oxygen atoms in total. The number of β-amino-alcohol motifs (C(OH)–C–C–N with tert-alkyl or cyclic N) is 1. The lowest BCUT2D eigenvalue weighted by atomic mass is 9.99. The lowest BCUT2D eigenvalue weighted by Crippen LogP contribution is -2.52. The number of ether oxygens (including phenoxy) is 4. The number of hydrogen-bond acceptors (Lipinski definition) is 7. The minimum atomic E-state index is -1.02. The van der Waals surface area contributed by atoms with Crippen molar-refractivity contribution >= 4 is 12.2 Å². The van der Waals surface area contributed by atoms with Crippen LogP contribution in [0.1, 0.15) is 76.7 Å². The molecule has 1 aromatic carbocycles. The summed E-state index contributed by atoms with van der Waals surface area (Å²) in [7, 11) is 0. The van der Waals surface area contributed by atoms with Gasteiger partial charge in [-0.1, -0.05) is 82.2 Å². The SMILES string of the molecule is C[C@@H]1CCCCCCCCCCOC(=O)N(C[C@@H](O)[C@H](Cc2ccccc2)NC(=O)O[C@H]2CO[C@H]3OCC[C@H]32)C1. The van der Waals surface area contributed by atoms with Gasteiger partial charge in [0, 0.05) is 6.54 Å². The van der Waals surface area contributed by atoms with Crippen LogP contribution in [0.2, 0.25) is 0 Å². The van der Waals surface area contributed by atoms with Gasteiger partial charge in [0.15, 0.2) is 6.29 Å². The van der Waals surface area contributed by atoms with Gasteiger partial charge in [-0.15, -0.1) is 0 Å². The number of nitrogens with one attached hydrogen (secondary N) is 1.